The fraction of sp³-hybridized carbons (Fsp3) is 0.200. The Labute approximate surface area is 174 Å². The Balaban J connectivity index is 1.49. The van der Waals surface area contributed by atoms with Gasteiger partial charge in [0.15, 0.2) is 0 Å². The third-order valence-electron chi connectivity index (χ3n) is 3.85. The van der Waals surface area contributed by atoms with Crippen LogP contribution in [0.2, 0.25) is 5.02 Å². The van der Waals surface area contributed by atoms with Crippen molar-refractivity contribution < 1.29 is 4.79 Å². The molecule has 4 N–H and O–H groups in total. The standard InChI is InChI=1S/C20H22ClN7O/c1-13-7-8-22-17(11-13)28-19-12-18(25-14(2)26-19)23-9-10-24-20(29)27-16-6-4-3-5-15(16)21/h3-8,11-12H,9-10H2,1-2H3,(H2,24,27,29)(H2,22,23,25,26,28). The monoisotopic (exact) mass is 411 g/mol. The molecule has 0 aliphatic heterocycles. The highest BCUT2D eigenvalue weighted by Crippen LogP contribution is 2.20. The van der Waals surface area contributed by atoms with Crippen LogP contribution in [0.1, 0.15) is 11.4 Å². The summed E-state index contributed by atoms with van der Waals surface area (Å²) in [6, 6.07) is 12.4. The summed E-state index contributed by atoms with van der Waals surface area (Å²) in [7, 11) is 0. The van der Waals surface area contributed by atoms with Crippen molar-refractivity contribution >= 4 is 40.8 Å². The van der Waals surface area contributed by atoms with Crippen molar-refractivity contribution in [2.75, 3.05) is 29.0 Å². The van der Waals surface area contributed by atoms with Crippen LogP contribution in [0, 0.1) is 13.8 Å². The molecule has 150 valence electrons. The summed E-state index contributed by atoms with van der Waals surface area (Å²) in [5.41, 5.74) is 1.67. The molecule has 0 unspecified atom stereocenters. The molecule has 0 saturated heterocycles. The van der Waals surface area contributed by atoms with Crippen LogP contribution in [0.25, 0.3) is 0 Å². The van der Waals surface area contributed by atoms with E-state index in [0.29, 0.717) is 47.1 Å². The Morgan fingerprint density at radius 1 is 1.00 bits per heavy atom. The maximum absolute atomic E-state index is 12.0. The summed E-state index contributed by atoms with van der Waals surface area (Å²) >= 11 is 6.03. The number of hydrogen-bond donors (Lipinski definition) is 4. The predicted molar refractivity (Wildman–Crippen MR) is 116 cm³/mol. The summed E-state index contributed by atoms with van der Waals surface area (Å²) in [5.74, 6) is 2.63. The summed E-state index contributed by atoms with van der Waals surface area (Å²) in [6.07, 6.45) is 1.74. The zero-order valence-corrected chi connectivity index (χ0v) is 16.9. The van der Waals surface area contributed by atoms with E-state index in [1.54, 1.807) is 36.5 Å². The van der Waals surface area contributed by atoms with Gasteiger partial charge in [0.1, 0.15) is 23.3 Å². The highest BCUT2D eigenvalue weighted by molar-refractivity contribution is 6.33. The van der Waals surface area contributed by atoms with Crippen molar-refractivity contribution in [1.29, 1.82) is 0 Å². The molecule has 0 atom stereocenters. The van der Waals surface area contributed by atoms with Crippen LogP contribution in [-0.2, 0) is 0 Å². The van der Waals surface area contributed by atoms with Gasteiger partial charge in [0, 0.05) is 25.4 Å². The van der Waals surface area contributed by atoms with E-state index >= 15 is 0 Å². The van der Waals surface area contributed by atoms with Crippen LogP contribution in [0.5, 0.6) is 0 Å². The minimum absolute atomic E-state index is 0.327. The molecule has 0 aliphatic carbocycles. The van der Waals surface area contributed by atoms with Gasteiger partial charge in [-0.25, -0.2) is 19.7 Å². The molecule has 0 radical (unpaired) electrons. The SMILES string of the molecule is Cc1ccnc(Nc2cc(NCCNC(=O)Nc3ccccc3Cl)nc(C)n2)c1. The number of carbonyl (C=O) groups excluding carboxylic acids is 1. The number of anilines is 4. The zero-order chi connectivity index (χ0) is 20.6. The summed E-state index contributed by atoms with van der Waals surface area (Å²) < 4.78 is 0. The zero-order valence-electron chi connectivity index (χ0n) is 16.2. The molecule has 3 rings (SSSR count). The van der Waals surface area contributed by atoms with Gasteiger partial charge in [0.05, 0.1) is 10.7 Å². The van der Waals surface area contributed by atoms with Gasteiger partial charge in [0.25, 0.3) is 0 Å². The minimum Gasteiger partial charge on any atom is -0.368 e. The fourth-order valence-electron chi connectivity index (χ4n) is 2.55. The number of rotatable bonds is 7. The van der Waals surface area contributed by atoms with Gasteiger partial charge in [-0.2, -0.15) is 0 Å². The third kappa shape index (κ3) is 6.32. The topological polar surface area (TPSA) is 104 Å². The number of nitrogens with one attached hydrogen (secondary N) is 4. The average molecular weight is 412 g/mol. The molecule has 0 fully saturated rings. The highest BCUT2D eigenvalue weighted by Gasteiger charge is 2.06. The number of urea groups is 1. The predicted octanol–water partition coefficient (Wildman–Crippen LogP) is 4.12. The van der Waals surface area contributed by atoms with Gasteiger partial charge in [-0.3, -0.25) is 0 Å². The van der Waals surface area contributed by atoms with Crippen LogP contribution in [0.15, 0.2) is 48.7 Å². The van der Waals surface area contributed by atoms with Crippen LogP contribution in [0.3, 0.4) is 0 Å². The van der Waals surface area contributed by atoms with E-state index in [-0.39, 0.29) is 6.03 Å². The van der Waals surface area contributed by atoms with E-state index in [0.717, 1.165) is 5.56 Å². The second-order valence-electron chi connectivity index (χ2n) is 6.32. The maximum Gasteiger partial charge on any atom is 0.319 e. The minimum atomic E-state index is -0.327. The van der Waals surface area contributed by atoms with Crippen molar-refractivity contribution in [3.63, 3.8) is 0 Å². The molecule has 2 heterocycles. The number of nitrogens with zero attached hydrogens (tertiary/aromatic N) is 3. The Morgan fingerprint density at radius 3 is 2.59 bits per heavy atom. The van der Waals surface area contributed by atoms with E-state index < -0.39 is 0 Å². The first-order chi connectivity index (χ1) is 14.0. The van der Waals surface area contributed by atoms with E-state index in [4.69, 9.17) is 11.6 Å². The normalized spacial score (nSPS) is 10.3. The number of amides is 2. The lowest BCUT2D eigenvalue weighted by Crippen LogP contribution is -2.32. The van der Waals surface area contributed by atoms with Crippen LogP contribution in [0.4, 0.5) is 27.9 Å². The summed E-state index contributed by atoms with van der Waals surface area (Å²) in [6.45, 7) is 4.71. The van der Waals surface area contributed by atoms with Crippen molar-refractivity contribution in [1.82, 2.24) is 20.3 Å². The highest BCUT2D eigenvalue weighted by atomic mass is 35.5. The molecule has 3 aromatic rings. The fourth-order valence-corrected chi connectivity index (χ4v) is 2.74. The molecule has 0 spiro atoms. The molecule has 2 aromatic heterocycles. The lowest BCUT2D eigenvalue weighted by molar-refractivity contribution is 0.252. The van der Waals surface area contributed by atoms with Gasteiger partial charge in [-0.05, 0) is 43.7 Å². The van der Waals surface area contributed by atoms with Crippen molar-refractivity contribution in [3.8, 4) is 0 Å². The van der Waals surface area contributed by atoms with Gasteiger partial charge in [-0.1, -0.05) is 23.7 Å². The quantitative estimate of drug-likeness (QED) is 0.436. The van der Waals surface area contributed by atoms with Crippen LogP contribution in [-0.4, -0.2) is 34.1 Å². The molecule has 0 aliphatic rings. The van der Waals surface area contributed by atoms with E-state index in [1.165, 1.54) is 0 Å². The number of para-hydroxylation sites is 1. The molecule has 29 heavy (non-hydrogen) atoms. The number of hydrogen-bond acceptors (Lipinski definition) is 6. The molecule has 0 bridgehead atoms. The molecule has 1 aromatic carbocycles. The Morgan fingerprint density at radius 2 is 1.79 bits per heavy atom. The molecule has 9 heteroatoms. The Bertz CT molecular complexity index is 996. The van der Waals surface area contributed by atoms with Gasteiger partial charge < -0.3 is 21.3 Å². The Hall–Kier alpha value is -3.39. The number of halogens is 1. The summed E-state index contributed by atoms with van der Waals surface area (Å²) in [5, 5.41) is 12.3. The molecular weight excluding hydrogens is 390 g/mol. The number of aromatic nitrogens is 3. The largest absolute Gasteiger partial charge is 0.368 e. The lowest BCUT2D eigenvalue weighted by Gasteiger charge is -2.11. The van der Waals surface area contributed by atoms with E-state index in [2.05, 4.69) is 36.2 Å². The maximum atomic E-state index is 12.0. The Kier molecular flexibility index (Phi) is 6.80. The van der Waals surface area contributed by atoms with Crippen LogP contribution >= 0.6 is 11.6 Å². The number of aryl methyl sites for hydroxylation is 2. The van der Waals surface area contributed by atoms with Gasteiger partial charge in [-0.15, -0.1) is 0 Å². The van der Waals surface area contributed by atoms with Crippen molar-refractivity contribution in [3.05, 3.63) is 65.1 Å². The second-order valence-corrected chi connectivity index (χ2v) is 6.72. The van der Waals surface area contributed by atoms with Crippen LogP contribution < -0.4 is 21.3 Å². The smallest absolute Gasteiger partial charge is 0.319 e. The third-order valence-corrected chi connectivity index (χ3v) is 4.18. The average Bonchev–Trinajstić information content (AvgIpc) is 2.67. The summed E-state index contributed by atoms with van der Waals surface area (Å²) in [4.78, 5) is 25.0. The first-order valence-corrected chi connectivity index (χ1v) is 9.46. The second kappa shape index (κ2) is 9.70. The van der Waals surface area contributed by atoms with Crippen molar-refractivity contribution in [2.45, 2.75) is 13.8 Å². The first kappa shape index (κ1) is 20.3. The number of carbonyl (C=O) groups is 1. The number of benzene rings is 1. The molecule has 8 nitrogen and oxygen atoms in total. The number of pyridine rings is 1. The van der Waals surface area contributed by atoms with E-state index in [9.17, 15) is 4.79 Å². The first-order valence-electron chi connectivity index (χ1n) is 9.08. The lowest BCUT2D eigenvalue weighted by atomic mass is 10.3. The van der Waals surface area contributed by atoms with Gasteiger partial charge in [0.2, 0.25) is 0 Å². The van der Waals surface area contributed by atoms with Gasteiger partial charge >= 0.3 is 6.03 Å². The molecular formula is C20H22ClN7O. The van der Waals surface area contributed by atoms with Crippen molar-refractivity contribution in [2.24, 2.45) is 0 Å². The molecule has 0 saturated carbocycles. The van der Waals surface area contributed by atoms with E-state index in [1.807, 2.05) is 26.0 Å². The molecule has 2 amide bonds.